The monoisotopic (exact) mass is 543 g/mol. The topological polar surface area (TPSA) is 97.4 Å². The Morgan fingerprint density at radius 2 is 1.62 bits per heavy atom. The van der Waals surface area contributed by atoms with E-state index in [-0.39, 0.29) is 0 Å². The van der Waals surface area contributed by atoms with E-state index in [1.165, 1.54) is 5.56 Å². The van der Waals surface area contributed by atoms with Crippen molar-refractivity contribution in [3.8, 4) is 5.75 Å². The molecule has 5 rings (SSSR count). The van der Waals surface area contributed by atoms with Crippen molar-refractivity contribution in [2.75, 3.05) is 56.1 Å². The Morgan fingerprint density at radius 3 is 2.35 bits per heavy atom. The van der Waals surface area contributed by atoms with Gasteiger partial charge >= 0.3 is 6.03 Å². The number of aliphatic hydroxyl groups is 1. The molecule has 1 saturated heterocycles. The molecule has 3 aromatic carbocycles. The Hall–Kier alpha value is -3.92. The first-order valence-electron chi connectivity index (χ1n) is 13.9. The van der Waals surface area contributed by atoms with Gasteiger partial charge in [0.15, 0.2) is 0 Å². The molecule has 9 heteroatoms. The van der Waals surface area contributed by atoms with E-state index in [1.54, 1.807) is 48.5 Å². The number of urea groups is 1. The largest absolute Gasteiger partial charge is 0.494 e. The second kappa shape index (κ2) is 12.5. The van der Waals surface area contributed by atoms with Crippen molar-refractivity contribution in [1.29, 1.82) is 0 Å². The van der Waals surface area contributed by atoms with Crippen molar-refractivity contribution in [3.05, 3.63) is 90.0 Å². The number of fused-ring (bicyclic) bond motifs is 1. The van der Waals surface area contributed by atoms with E-state index < -0.39 is 17.7 Å². The predicted octanol–water partition coefficient (Wildman–Crippen LogP) is 3.61. The summed E-state index contributed by atoms with van der Waals surface area (Å²) in [5.41, 5.74) is 0.210. The van der Waals surface area contributed by atoms with Crippen LogP contribution < -0.4 is 20.3 Å². The zero-order valence-electron chi connectivity index (χ0n) is 22.9. The maximum atomic E-state index is 13.6. The molecule has 1 atom stereocenters. The van der Waals surface area contributed by atoms with Crippen LogP contribution in [0.5, 0.6) is 5.75 Å². The predicted molar refractivity (Wildman–Crippen MR) is 155 cm³/mol. The molecule has 2 heterocycles. The summed E-state index contributed by atoms with van der Waals surface area (Å²) in [4.78, 5) is 32.8. The Morgan fingerprint density at radius 1 is 0.950 bits per heavy atom. The van der Waals surface area contributed by atoms with Gasteiger partial charge in [-0.05, 0) is 55.8 Å². The first-order valence-corrected chi connectivity index (χ1v) is 13.9. The number of nitrogens with one attached hydrogen (secondary N) is 2. The van der Waals surface area contributed by atoms with Crippen LogP contribution in [0.1, 0.15) is 24.5 Å². The number of para-hydroxylation sites is 1. The molecule has 0 unspecified atom stereocenters. The third-order valence-corrected chi connectivity index (χ3v) is 7.44. The highest BCUT2D eigenvalue weighted by atomic mass is 16.5. The number of nitrogens with zero attached hydrogens (tertiary/aromatic N) is 3. The number of hydrogen-bond acceptors (Lipinski definition) is 6. The van der Waals surface area contributed by atoms with E-state index in [0.717, 1.165) is 50.6 Å². The summed E-state index contributed by atoms with van der Waals surface area (Å²) in [6.07, 6.45) is 0.734. The Kier molecular flexibility index (Phi) is 8.64. The van der Waals surface area contributed by atoms with Gasteiger partial charge < -0.3 is 25.4 Å². The van der Waals surface area contributed by atoms with Crippen LogP contribution in [0.2, 0.25) is 0 Å². The average Bonchev–Trinajstić information content (AvgIpc) is 2.97. The lowest BCUT2D eigenvalue weighted by atomic mass is 9.94. The van der Waals surface area contributed by atoms with Gasteiger partial charge in [-0.15, -0.1) is 0 Å². The number of piperazine rings is 1. The average molecular weight is 544 g/mol. The van der Waals surface area contributed by atoms with Crippen LogP contribution in [0, 0.1) is 0 Å². The fourth-order valence-electron chi connectivity index (χ4n) is 5.36. The second-order valence-electron chi connectivity index (χ2n) is 10.1. The van der Waals surface area contributed by atoms with E-state index in [4.69, 9.17) is 4.74 Å². The summed E-state index contributed by atoms with van der Waals surface area (Å²) in [6.45, 7) is 8.54. The van der Waals surface area contributed by atoms with E-state index >= 15 is 0 Å². The number of carbonyl (C=O) groups is 2. The standard InChI is InChI=1S/C31H37N5O4/c1-2-40-26-15-13-25(14-16-26)36-30(38)33-28-12-7-6-11-27(28)31(36,39)29(37)32-17-8-18-34-19-21-35(22-20-34)23-24-9-4-3-5-10-24/h3-7,9-16,39H,2,8,17-23H2,1H3,(H,32,37)(H,33,38)/t31-/m0/s1. The number of ether oxygens (including phenoxy) is 1. The molecule has 9 nitrogen and oxygen atoms in total. The van der Waals surface area contributed by atoms with Crippen molar-refractivity contribution >= 4 is 23.3 Å². The normalized spacial score (nSPS) is 19.6. The van der Waals surface area contributed by atoms with Crippen LogP contribution >= 0.6 is 0 Å². The number of carbonyl (C=O) groups excluding carboxylic acids is 2. The van der Waals surface area contributed by atoms with Crippen molar-refractivity contribution in [2.45, 2.75) is 25.6 Å². The SMILES string of the molecule is CCOc1ccc(N2C(=O)Nc3ccccc3[C@]2(O)C(=O)NCCCN2CCN(Cc3ccccc3)CC2)cc1. The van der Waals surface area contributed by atoms with Gasteiger partial charge in [0.1, 0.15) is 5.75 Å². The van der Waals surface area contributed by atoms with Crippen molar-refractivity contribution < 1.29 is 19.4 Å². The minimum atomic E-state index is -2.21. The molecule has 0 spiro atoms. The van der Waals surface area contributed by atoms with Gasteiger partial charge in [-0.1, -0.05) is 48.5 Å². The lowest BCUT2D eigenvalue weighted by Gasteiger charge is -2.42. The Labute approximate surface area is 235 Å². The van der Waals surface area contributed by atoms with Crippen molar-refractivity contribution in [3.63, 3.8) is 0 Å². The molecule has 3 N–H and O–H groups in total. The van der Waals surface area contributed by atoms with Crippen LogP contribution in [0.4, 0.5) is 16.2 Å². The summed E-state index contributed by atoms with van der Waals surface area (Å²) in [5.74, 6) is -0.00526. The van der Waals surface area contributed by atoms with Gasteiger partial charge in [-0.25, -0.2) is 4.79 Å². The maximum absolute atomic E-state index is 13.6. The molecule has 40 heavy (non-hydrogen) atoms. The summed E-state index contributed by atoms with van der Waals surface area (Å²) in [5, 5.41) is 17.6. The van der Waals surface area contributed by atoms with Gasteiger partial charge in [0.2, 0.25) is 0 Å². The number of rotatable bonds is 10. The molecule has 1 fully saturated rings. The van der Waals surface area contributed by atoms with Gasteiger partial charge in [0.05, 0.1) is 12.3 Å². The molecular weight excluding hydrogens is 506 g/mol. The summed E-state index contributed by atoms with van der Waals surface area (Å²) < 4.78 is 5.51. The van der Waals surface area contributed by atoms with Crippen molar-refractivity contribution in [1.82, 2.24) is 15.1 Å². The molecule has 210 valence electrons. The van der Waals surface area contributed by atoms with E-state index in [2.05, 4.69) is 44.7 Å². The molecule has 0 aromatic heterocycles. The Balaban J connectivity index is 1.20. The van der Waals surface area contributed by atoms with E-state index in [1.807, 2.05) is 13.0 Å². The summed E-state index contributed by atoms with van der Waals surface area (Å²) in [6, 6.07) is 23.5. The summed E-state index contributed by atoms with van der Waals surface area (Å²) in [7, 11) is 0. The molecule has 0 radical (unpaired) electrons. The third kappa shape index (κ3) is 5.96. The second-order valence-corrected chi connectivity index (χ2v) is 10.1. The lowest BCUT2D eigenvalue weighted by Crippen LogP contribution is -2.62. The minimum absolute atomic E-state index is 0.315. The smallest absolute Gasteiger partial charge is 0.329 e. The van der Waals surface area contributed by atoms with Crippen LogP contribution in [0.3, 0.4) is 0 Å². The lowest BCUT2D eigenvalue weighted by molar-refractivity contribution is -0.140. The maximum Gasteiger partial charge on any atom is 0.329 e. The van der Waals surface area contributed by atoms with Gasteiger partial charge in [0.25, 0.3) is 11.6 Å². The third-order valence-electron chi connectivity index (χ3n) is 7.44. The number of benzene rings is 3. The molecule has 3 amide bonds. The number of hydrogen-bond donors (Lipinski definition) is 3. The highest BCUT2D eigenvalue weighted by Gasteiger charge is 2.51. The highest BCUT2D eigenvalue weighted by molar-refractivity contribution is 6.11. The molecular formula is C31H37N5O4. The number of anilines is 2. The van der Waals surface area contributed by atoms with Gasteiger partial charge in [-0.2, -0.15) is 0 Å². The fraction of sp³-hybridized carbons (Fsp3) is 0.355. The van der Waals surface area contributed by atoms with Crippen molar-refractivity contribution in [2.24, 2.45) is 0 Å². The van der Waals surface area contributed by atoms with Crippen LogP contribution in [0.15, 0.2) is 78.9 Å². The van der Waals surface area contributed by atoms with E-state index in [9.17, 15) is 14.7 Å². The fourth-order valence-corrected chi connectivity index (χ4v) is 5.36. The van der Waals surface area contributed by atoms with E-state index in [0.29, 0.717) is 35.8 Å². The zero-order chi connectivity index (χ0) is 28.0. The number of amides is 3. The van der Waals surface area contributed by atoms with Crippen LogP contribution in [0.25, 0.3) is 0 Å². The molecule has 2 aliphatic rings. The minimum Gasteiger partial charge on any atom is -0.494 e. The van der Waals surface area contributed by atoms with Gasteiger partial charge in [-0.3, -0.25) is 14.6 Å². The molecule has 2 aliphatic heterocycles. The van der Waals surface area contributed by atoms with Crippen LogP contribution in [-0.4, -0.2) is 72.7 Å². The van der Waals surface area contributed by atoms with Gasteiger partial charge in [0, 0.05) is 50.5 Å². The molecule has 0 bridgehead atoms. The first-order chi connectivity index (χ1) is 19.5. The molecule has 0 aliphatic carbocycles. The first kappa shape index (κ1) is 27.6. The quantitative estimate of drug-likeness (QED) is 0.338. The molecule has 0 saturated carbocycles. The summed E-state index contributed by atoms with van der Waals surface area (Å²) >= 11 is 0. The molecule has 3 aromatic rings. The van der Waals surface area contributed by atoms with Crippen LogP contribution in [-0.2, 0) is 17.1 Å². The zero-order valence-corrected chi connectivity index (χ0v) is 22.9. The Bertz CT molecular complexity index is 1290. The highest BCUT2D eigenvalue weighted by Crippen LogP contribution is 2.40.